The Balaban J connectivity index is 1.91. The molecule has 0 fully saturated rings. The van der Waals surface area contributed by atoms with Crippen LogP contribution < -0.4 is 10.7 Å². The van der Waals surface area contributed by atoms with Crippen LogP contribution in [0.3, 0.4) is 0 Å². The van der Waals surface area contributed by atoms with Crippen molar-refractivity contribution in [3.05, 3.63) is 63.7 Å². The summed E-state index contributed by atoms with van der Waals surface area (Å²) in [5.41, 5.74) is 0.582. The highest BCUT2D eigenvalue weighted by Gasteiger charge is 2.33. The molecule has 0 heterocycles. The number of phenolic OH excluding ortho intramolecular Hbond substituents is 1. The molecule has 2 aromatic rings. The second kappa shape index (κ2) is 8.84. The predicted octanol–water partition coefficient (Wildman–Crippen LogP) is 3.27. The fourth-order valence-electron chi connectivity index (χ4n) is 2.15. The van der Waals surface area contributed by atoms with Gasteiger partial charge in [0.05, 0.1) is 16.7 Å². The zero-order valence-electron chi connectivity index (χ0n) is 14.2. The SMILES string of the molecule is O=C(CCNc1ccc(C(F)(F)F)cc1[N+](=O)[O-])NN=Cc1ccccc1O. The molecule has 1 amide bonds. The van der Waals surface area contributed by atoms with Gasteiger partial charge in [0.25, 0.3) is 5.69 Å². The van der Waals surface area contributed by atoms with Gasteiger partial charge in [-0.3, -0.25) is 14.9 Å². The first-order valence-electron chi connectivity index (χ1n) is 7.88. The topological polar surface area (TPSA) is 117 Å². The average molecular weight is 396 g/mol. The van der Waals surface area contributed by atoms with Crippen molar-refractivity contribution in [2.45, 2.75) is 12.6 Å². The molecule has 0 aliphatic heterocycles. The molecule has 0 aliphatic rings. The standard InChI is InChI=1S/C17H15F3N4O4/c18-17(19,20)12-5-6-13(14(9-12)24(27)28)21-8-7-16(26)23-22-10-11-3-1-2-4-15(11)25/h1-6,9-10,21,25H,7-8H2,(H,23,26). The van der Waals surface area contributed by atoms with Gasteiger partial charge in [0, 0.05) is 24.6 Å². The van der Waals surface area contributed by atoms with Crippen LogP contribution in [0, 0.1) is 10.1 Å². The van der Waals surface area contributed by atoms with Crippen LogP contribution in [0.15, 0.2) is 47.6 Å². The number of carbonyl (C=O) groups is 1. The van der Waals surface area contributed by atoms with Crippen molar-refractivity contribution in [2.24, 2.45) is 5.10 Å². The van der Waals surface area contributed by atoms with E-state index in [-0.39, 0.29) is 24.4 Å². The van der Waals surface area contributed by atoms with Crippen LogP contribution in [0.2, 0.25) is 0 Å². The van der Waals surface area contributed by atoms with Crippen molar-refractivity contribution in [2.75, 3.05) is 11.9 Å². The molecule has 0 aliphatic carbocycles. The number of benzene rings is 2. The minimum Gasteiger partial charge on any atom is -0.507 e. The first-order chi connectivity index (χ1) is 13.2. The predicted molar refractivity (Wildman–Crippen MR) is 95.0 cm³/mol. The number of phenols is 1. The highest BCUT2D eigenvalue weighted by Crippen LogP contribution is 2.34. The molecule has 0 spiro atoms. The number of para-hydroxylation sites is 1. The van der Waals surface area contributed by atoms with E-state index in [1.54, 1.807) is 18.2 Å². The molecule has 0 aromatic heterocycles. The molecule has 0 atom stereocenters. The van der Waals surface area contributed by atoms with Crippen molar-refractivity contribution in [1.29, 1.82) is 0 Å². The van der Waals surface area contributed by atoms with Gasteiger partial charge in [-0.25, -0.2) is 5.43 Å². The molecule has 0 bridgehead atoms. The minimum absolute atomic E-state index is 0.0169. The molecular formula is C17H15F3N4O4. The van der Waals surface area contributed by atoms with Crippen LogP contribution in [0.25, 0.3) is 0 Å². The molecule has 0 saturated heterocycles. The molecular weight excluding hydrogens is 381 g/mol. The Labute approximate surface area is 156 Å². The van der Waals surface area contributed by atoms with E-state index in [2.05, 4.69) is 15.8 Å². The lowest BCUT2D eigenvalue weighted by atomic mass is 10.1. The number of nitro benzene ring substituents is 1. The molecule has 148 valence electrons. The van der Waals surface area contributed by atoms with Crippen molar-refractivity contribution in [1.82, 2.24) is 5.43 Å². The molecule has 11 heteroatoms. The van der Waals surface area contributed by atoms with Gasteiger partial charge in [0.15, 0.2) is 0 Å². The number of hydrogen-bond acceptors (Lipinski definition) is 6. The van der Waals surface area contributed by atoms with E-state index in [4.69, 9.17) is 0 Å². The summed E-state index contributed by atoms with van der Waals surface area (Å²) in [5, 5.41) is 26.8. The van der Waals surface area contributed by atoms with Gasteiger partial charge in [0.1, 0.15) is 11.4 Å². The number of anilines is 1. The number of alkyl halides is 3. The summed E-state index contributed by atoms with van der Waals surface area (Å²) < 4.78 is 38.0. The number of nitro groups is 1. The molecule has 0 saturated carbocycles. The lowest BCUT2D eigenvalue weighted by molar-refractivity contribution is -0.384. The van der Waals surface area contributed by atoms with Gasteiger partial charge >= 0.3 is 6.18 Å². The number of nitrogens with one attached hydrogen (secondary N) is 2. The Morgan fingerprint density at radius 1 is 1.25 bits per heavy atom. The second-order valence-corrected chi connectivity index (χ2v) is 5.52. The maximum absolute atomic E-state index is 12.7. The zero-order chi connectivity index (χ0) is 20.7. The summed E-state index contributed by atoms with van der Waals surface area (Å²) in [4.78, 5) is 21.7. The molecule has 2 rings (SSSR count). The quantitative estimate of drug-likeness (QED) is 0.377. The van der Waals surface area contributed by atoms with Crippen molar-refractivity contribution in [3.8, 4) is 5.75 Å². The van der Waals surface area contributed by atoms with Crippen molar-refractivity contribution >= 4 is 23.5 Å². The Hall–Kier alpha value is -3.63. The van der Waals surface area contributed by atoms with E-state index < -0.39 is 28.3 Å². The number of nitrogens with zero attached hydrogens (tertiary/aromatic N) is 2. The maximum atomic E-state index is 12.7. The smallest absolute Gasteiger partial charge is 0.416 e. The summed E-state index contributed by atoms with van der Waals surface area (Å²) in [6.45, 7) is -0.0653. The lowest BCUT2D eigenvalue weighted by Crippen LogP contribution is -2.21. The Morgan fingerprint density at radius 2 is 1.96 bits per heavy atom. The third-order valence-corrected chi connectivity index (χ3v) is 3.52. The molecule has 2 aromatic carbocycles. The van der Waals surface area contributed by atoms with Gasteiger partial charge in [-0.05, 0) is 24.3 Å². The number of halogens is 3. The molecule has 8 nitrogen and oxygen atoms in total. The third-order valence-electron chi connectivity index (χ3n) is 3.52. The number of amides is 1. The fourth-order valence-corrected chi connectivity index (χ4v) is 2.15. The summed E-state index contributed by atoms with van der Waals surface area (Å²) in [5.74, 6) is -0.550. The number of hydrazone groups is 1. The van der Waals surface area contributed by atoms with Crippen LogP contribution in [0.4, 0.5) is 24.5 Å². The zero-order valence-corrected chi connectivity index (χ0v) is 14.2. The highest BCUT2D eigenvalue weighted by molar-refractivity contribution is 5.85. The Morgan fingerprint density at radius 3 is 2.61 bits per heavy atom. The lowest BCUT2D eigenvalue weighted by Gasteiger charge is -2.10. The van der Waals surface area contributed by atoms with E-state index in [1.165, 1.54) is 12.3 Å². The van der Waals surface area contributed by atoms with Gasteiger partial charge in [-0.15, -0.1) is 0 Å². The number of aromatic hydroxyl groups is 1. The summed E-state index contributed by atoms with van der Waals surface area (Å²) in [6, 6.07) is 8.40. The molecule has 0 radical (unpaired) electrons. The normalized spacial score (nSPS) is 11.4. The van der Waals surface area contributed by atoms with E-state index in [0.29, 0.717) is 17.7 Å². The Bertz CT molecular complexity index is 900. The largest absolute Gasteiger partial charge is 0.507 e. The van der Waals surface area contributed by atoms with Crippen molar-refractivity contribution < 1.29 is 28.0 Å². The third kappa shape index (κ3) is 5.69. The molecule has 0 unspecified atom stereocenters. The highest BCUT2D eigenvalue weighted by atomic mass is 19.4. The van der Waals surface area contributed by atoms with Crippen molar-refractivity contribution in [3.63, 3.8) is 0 Å². The van der Waals surface area contributed by atoms with Crippen LogP contribution in [-0.2, 0) is 11.0 Å². The van der Waals surface area contributed by atoms with E-state index >= 15 is 0 Å². The summed E-state index contributed by atoms with van der Waals surface area (Å²) in [6.07, 6.45) is -3.61. The first-order valence-corrected chi connectivity index (χ1v) is 7.88. The van der Waals surface area contributed by atoms with Crippen LogP contribution in [0.1, 0.15) is 17.5 Å². The summed E-state index contributed by atoms with van der Waals surface area (Å²) in [7, 11) is 0. The van der Waals surface area contributed by atoms with Gasteiger partial charge < -0.3 is 10.4 Å². The monoisotopic (exact) mass is 396 g/mol. The van der Waals surface area contributed by atoms with Gasteiger partial charge in [-0.2, -0.15) is 18.3 Å². The first kappa shape index (κ1) is 20.7. The van der Waals surface area contributed by atoms with Gasteiger partial charge in [-0.1, -0.05) is 12.1 Å². The van der Waals surface area contributed by atoms with E-state index in [1.807, 2.05) is 0 Å². The molecule has 3 N–H and O–H groups in total. The summed E-state index contributed by atoms with van der Waals surface area (Å²) >= 11 is 0. The fraction of sp³-hybridized carbons (Fsp3) is 0.176. The van der Waals surface area contributed by atoms with Crippen LogP contribution in [-0.4, -0.2) is 28.7 Å². The van der Waals surface area contributed by atoms with Gasteiger partial charge in [0.2, 0.25) is 5.91 Å². The average Bonchev–Trinajstić information content (AvgIpc) is 2.62. The number of carbonyl (C=O) groups excluding carboxylic acids is 1. The molecule has 28 heavy (non-hydrogen) atoms. The van der Waals surface area contributed by atoms with Crippen LogP contribution >= 0.6 is 0 Å². The number of rotatable bonds is 7. The minimum atomic E-state index is -4.70. The second-order valence-electron chi connectivity index (χ2n) is 5.52. The number of hydrogen-bond donors (Lipinski definition) is 3. The van der Waals surface area contributed by atoms with Crippen LogP contribution in [0.5, 0.6) is 5.75 Å². The van der Waals surface area contributed by atoms with E-state index in [0.717, 1.165) is 6.07 Å². The maximum Gasteiger partial charge on any atom is 0.416 e. The Kier molecular flexibility index (Phi) is 6.53. The van der Waals surface area contributed by atoms with E-state index in [9.17, 15) is 33.2 Å².